The third-order valence-electron chi connectivity index (χ3n) is 1.52. The highest BCUT2D eigenvalue weighted by atomic mass is 79.9. The van der Waals surface area contributed by atoms with Gasteiger partial charge in [-0.25, -0.2) is 0 Å². The van der Waals surface area contributed by atoms with Gasteiger partial charge in [-0.3, -0.25) is 5.41 Å². The van der Waals surface area contributed by atoms with E-state index in [-0.39, 0.29) is 5.84 Å². The zero-order valence-corrected chi connectivity index (χ0v) is 9.73. The Morgan fingerprint density at radius 1 is 1.57 bits per heavy atom. The van der Waals surface area contributed by atoms with E-state index in [4.69, 9.17) is 27.5 Å². The van der Waals surface area contributed by atoms with E-state index in [1.165, 1.54) is 0 Å². The van der Waals surface area contributed by atoms with E-state index in [1.807, 2.05) is 6.07 Å². The first-order valence-electron chi connectivity index (χ1n) is 4.00. The lowest BCUT2D eigenvalue weighted by Gasteiger charge is -2.07. The van der Waals surface area contributed by atoms with Crippen LogP contribution in [-0.4, -0.2) is 12.4 Å². The highest BCUT2D eigenvalue weighted by Gasteiger charge is 2.01. The first-order chi connectivity index (χ1) is 6.59. The van der Waals surface area contributed by atoms with Crippen molar-refractivity contribution in [2.24, 2.45) is 5.73 Å². The lowest BCUT2D eigenvalue weighted by molar-refractivity contribution is 0.329. The number of hydrogen-bond donors (Lipinski definition) is 2. The Balaban J connectivity index is 2.55. The first kappa shape index (κ1) is 11.3. The van der Waals surface area contributed by atoms with Crippen molar-refractivity contribution in [3.63, 3.8) is 0 Å². The van der Waals surface area contributed by atoms with Crippen LogP contribution in [-0.2, 0) is 0 Å². The van der Waals surface area contributed by atoms with Gasteiger partial charge in [-0.15, -0.1) is 0 Å². The van der Waals surface area contributed by atoms with Gasteiger partial charge in [0.25, 0.3) is 0 Å². The fraction of sp³-hybridized carbons (Fsp3) is 0.222. The first-order valence-corrected chi connectivity index (χ1v) is 5.17. The molecule has 0 saturated heterocycles. The molecule has 0 unspecified atom stereocenters. The molecule has 0 atom stereocenters. The van der Waals surface area contributed by atoms with Crippen LogP contribution >= 0.6 is 27.5 Å². The minimum atomic E-state index is 0.109. The van der Waals surface area contributed by atoms with Crippen LogP contribution in [0.4, 0.5) is 0 Å². The maximum absolute atomic E-state index is 7.01. The summed E-state index contributed by atoms with van der Waals surface area (Å²) in [4.78, 5) is 0. The summed E-state index contributed by atoms with van der Waals surface area (Å²) in [5.74, 6) is 0.717. The van der Waals surface area contributed by atoms with E-state index in [2.05, 4.69) is 15.9 Å². The van der Waals surface area contributed by atoms with E-state index < -0.39 is 0 Å². The largest absolute Gasteiger partial charge is 0.492 e. The summed E-state index contributed by atoms with van der Waals surface area (Å²) in [7, 11) is 0. The second-order valence-electron chi connectivity index (χ2n) is 2.70. The van der Waals surface area contributed by atoms with Crippen molar-refractivity contribution in [1.29, 1.82) is 5.41 Å². The van der Waals surface area contributed by atoms with Gasteiger partial charge >= 0.3 is 0 Å². The SMILES string of the molecule is N=C(N)CCOc1ccc(Br)cc1Cl. The summed E-state index contributed by atoms with van der Waals surface area (Å²) >= 11 is 9.20. The van der Waals surface area contributed by atoms with Gasteiger partial charge in [0.1, 0.15) is 5.75 Å². The van der Waals surface area contributed by atoms with Gasteiger partial charge in [-0.05, 0) is 18.2 Å². The summed E-state index contributed by atoms with van der Waals surface area (Å²) in [6.45, 7) is 0.372. The van der Waals surface area contributed by atoms with E-state index in [0.29, 0.717) is 23.8 Å². The molecule has 0 aromatic heterocycles. The van der Waals surface area contributed by atoms with Crippen molar-refractivity contribution in [3.05, 3.63) is 27.7 Å². The van der Waals surface area contributed by atoms with Crippen LogP contribution in [0.5, 0.6) is 5.75 Å². The summed E-state index contributed by atoms with van der Waals surface area (Å²) in [6.07, 6.45) is 0.409. The Labute approximate surface area is 95.8 Å². The fourth-order valence-corrected chi connectivity index (χ4v) is 1.59. The molecular formula is C9H10BrClN2O. The highest BCUT2D eigenvalue weighted by Crippen LogP contribution is 2.27. The van der Waals surface area contributed by atoms with Crippen LogP contribution in [0.25, 0.3) is 0 Å². The molecule has 0 saturated carbocycles. The molecule has 0 aliphatic carbocycles. The van der Waals surface area contributed by atoms with Crippen molar-refractivity contribution in [2.45, 2.75) is 6.42 Å². The topological polar surface area (TPSA) is 59.1 Å². The third kappa shape index (κ3) is 3.55. The van der Waals surface area contributed by atoms with Gasteiger partial charge in [0.2, 0.25) is 0 Å². The van der Waals surface area contributed by atoms with Gasteiger partial charge in [-0.2, -0.15) is 0 Å². The Hall–Kier alpha value is -0.740. The lowest BCUT2D eigenvalue weighted by atomic mass is 10.3. The molecule has 0 aliphatic rings. The monoisotopic (exact) mass is 276 g/mol. The van der Waals surface area contributed by atoms with Crippen LogP contribution in [0.3, 0.4) is 0 Å². The summed E-state index contributed by atoms with van der Waals surface area (Å²) in [5, 5.41) is 7.55. The lowest BCUT2D eigenvalue weighted by Crippen LogP contribution is -2.13. The Morgan fingerprint density at radius 2 is 2.29 bits per heavy atom. The summed E-state index contributed by atoms with van der Waals surface area (Å²) in [6, 6.07) is 5.37. The van der Waals surface area contributed by atoms with Crippen molar-refractivity contribution in [2.75, 3.05) is 6.61 Å². The predicted molar refractivity (Wildman–Crippen MR) is 61.2 cm³/mol. The number of benzene rings is 1. The minimum absolute atomic E-state index is 0.109. The molecule has 0 fully saturated rings. The number of halogens is 2. The van der Waals surface area contributed by atoms with E-state index >= 15 is 0 Å². The molecule has 0 radical (unpaired) electrons. The molecule has 1 rings (SSSR count). The van der Waals surface area contributed by atoms with E-state index in [9.17, 15) is 0 Å². The zero-order chi connectivity index (χ0) is 10.6. The number of amidine groups is 1. The van der Waals surface area contributed by atoms with Crippen molar-refractivity contribution < 1.29 is 4.74 Å². The zero-order valence-electron chi connectivity index (χ0n) is 7.39. The quantitative estimate of drug-likeness (QED) is 0.657. The number of nitrogens with one attached hydrogen (secondary N) is 1. The standard InChI is InChI=1S/C9H10BrClN2O/c10-6-1-2-8(7(11)5-6)14-4-3-9(12)13/h1-2,5H,3-4H2,(H3,12,13). The fourth-order valence-electron chi connectivity index (χ4n) is 0.863. The molecule has 76 valence electrons. The van der Waals surface area contributed by atoms with Gasteiger partial charge in [0.05, 0.1) is 17.5 Å². The molecule has 3 N–H and O–H groups in total. The van der Waals surface area contributed by atoms with Crippen LogP contribution < -0.4 is 10.5 Å². The van der Waals surface area contributed by atoms with Crippen LogP contribution in [0.2, 0.25) is 5.02 Å². The van der Waals surface area contributed by atoms with Crippen molar-refractivity contribution in [3.8, 4) is 5.75 Å². The second-order valence-corrected chi connectivity index (χ2v) is 4.02. The predicted octanol–water partition coefficient (Wildman–Crippen LogP) is 2.81. The Morgan fingerprint density at radius 3 is 2.86 bits per heavy atom. The average molecular weight is 278 g/mol. The number of nitrogens with two attached hydrogens (primary N) is 1. The van der Waals surface area contributed by atoms with E-state index in [0.717, 1.165) is 4.47 Å². The number of hydrogen-bond acceptors (Lipinski definition) is 2. The van der Waals surface area contributed by atoms with Gasteiger partial charge in [-0.1, -0.05) is 27.5 Å². The minimum Gasteiger partial charge on any atom is -0.492 e. The maximum Gasteiger partial charge on any atom is 0.137 e. The number of ether oxygens (including phenoxy) is 1. The summed E-state index contributed by atoms with van der Waals surface area (Å²) in [5.41, 5.74) is 5.18. The molecule has 1 aromatic rings. The summed E-state index contributed by atoms with van der Waals surface area (Å²) < 4.78 is 6.23. The molecule has 3 nitrogen and oxygen atoms in total. The van der Waals surface area contributed by atoms with Crippen LogP contribution in [0.15, 0.2) is 22.7 Å². The van der Waals surface area contributed by atoms with Gasteiger partial charge in [0.15, 0.2) is 0 Å². The molecular weight excluding hydrogens is 267 g/mol. The molecule has 1 aromatic carbocycles. The van der Waals surface area contributed by atoms with E-state index in [1.54, 1.807) is 12.1 Å². The Kier molecular flexibility index (Phi) is 4.22. The molecule has 0 heterocycles. The van der Waals surface area contributed by atoms with Crippen LogP contribution in [0, 0.1) is 5.41 Å². The molecule has 5 heteroatoms. The Bertz CT molecular complexity index is 344. The van der Waals surface area contributed by atoms with Gasteiger partial charge < -0.3 is 10.5 Å². The molecule has 0 bridgehead atoms. The van der Waals surface area contributed by atoms with Crippen molar-refractivity contribution >= 4 is 33.4 Å². The molecule has 0 spiro atoms. The molecule has 0 aliphatic heterocycles. The average Bonchev–Trinajstić information content (AvgIpc) is 2.08. The smallest absolute Gasteiger partial charge is 0.137 e. The molecule has 0 amide bonds. The third-order valence-corrected chi connectivity index (χ3v) is 2.31. The van der Waals surface area contributed by atoms with Crippen molar-refractivity contribution in [1.82, 2.24) is 0 Å². The highest BCUT2D eigenvalue weighted by molar-refractivity contribution is 9.10. The normalized spacial score (nSPS) is 9.86. The number of rotatable bonds is 4. The molecule has 14 heavy (non-hydrogen) atoms. The second kappa shape index (κ2) is 5.22. The van der Waals surface area contributed by atoms with Gasteiger partial charge in [0, 0.05) is 10.9 Å². The maximum atomic E-state index is 7.01. The van der Waals surface area contributed by atoms with Crippen LogP contribution in [0.1, 0.15) is 6.42 Å².